The van der Waals surface area contributed by atoms with Crippen LogP contribution < -0.4 is 5.32 Å². The summed E-state index contributed by atoms with van der Waals surface area (Å²) in [6, 6.07) is 1.35. The Hall–Kier alpha value is -0.120. The average molecular weight is 256 g/mol. The Morgan fingerprint density at radius 3 is 2.67 bits per heavy atom. The van der Waals surface area contributed by atoms with Crippen LogP contribution in [0.1, 0.15) is 40.5 Å². The van der Waals surface area contributed by atoms with Crippen LogP contribution in [0.2, 0.25) is 0 Å². The van der Waals surface area contributed by atoms with E-state index in [0.29, 0.717) is 12.1 Å². The van der Waals surface area contributed by atoms with Crippen molar-refractivity contribution in [3.63, 3.8) is 0 Å². The Morgan fingerprint density at radius 2 is 2.00 bits per heavy atom. The van der Waals surface area contributed by atoms with Gasteiger partial charge in [-0.2, -0.15) is 0 Å². The van der Waals surface area contributed by atoms with Crippen molar-refractivity contribution >= 4 is 0 Å². The standard InChI is InChI=1S/C15H32N2O/c1-12(2)6-8-18-9-7-16-15-10-14(4)17(5)11-13(15)3/h12-16H,6-11H2,1-5H3. The molecular formula is C15H32N2O. The average Bonchev–Trinajstić information content (AvgIpc) is 2.29. The van der Waals surface area contributed by atoms with Gasteiger partial charge >= 0.3 is 0 Å². The molecule has 3 unspecified atom stereocenters. The molecule has 0 spiro atoms. The highest BCUT2D eigenvalue weighted by Gasteiger charge is 2.28. The second-order valence-corrected chi connectivity index (χ2v) is 6.36. The normalized spacial score (nSPS) is 30.0. The Kier molecular flexibility index (Phi) is 7.20. The molecule has 0 radical (unpaired) electrons. The summed E-state index contributed by atoms with van der Waals surface area (Å²) in [5.74, 6) is 1.48. The molecule has 1 rings (SSSR count). The molecule has 0 aromatic carbocycles. The molecular weight excluding hydrogens is 224 g/mol. The third-order valence-corrected chi connectivity index (χ3v) is 4.10. The molecule has 0 amide bonds. The summed E-state index contributed by atoms with van der Waals surface area (Å²) in [4.78, 5) is 2.46. The molecule has 1 N–H and O–H groups in total. The largest absolute Gasteiger partial charge is 0.380 e. The molecule has 0 aromatic heterocycles. The molecule has 1 aliphatic rings. The summed E-state index contributed by atoms with van der Waals surface area (Å²) in [7, 11) is 2.23. The summed E-state index contributed by atoms with van der Waals surface area (Å²) in [6.45, 7) is 13.1. The molecule has 3 atom stereocenters. The number of hydrogen-bond donors (Lipinski definition) is 1. The first-order chi connectivity index (χ1) is 8.50. The van der Waals surface area contributed by atoms with Gasteiger partial charge in [0.15, 0.2) is 0 Å². The summed E-state index contributed by atoms with van der Waals surface area (Å²) in [5.41, 5.74) is 0. The predicted octanol–water partition coefficient (Wildman–Crippen LogP) is 2.37. The minimum atomic E-state index is 0.657. The monoisotopic (exact) mass is 256 g/mol. The van der Waals surface area contributed by atoms with E-state index >= 15 is 0 Å². The van der Waals surface area contributed by atoms with Gasteiger partial charge in [-0.15, -0.1) is 0 Å². The smallest absolute Gasteiger partial charge is 0.0591 e. The van der Waals surface area contributed by atoms with Crippen molar-refractivity contribution in [3.8, 4) is 0 Å². The van der Waals surface area contributed by atoms with Gasteiger partial charge < -0.3 is 15.0 Å². The van der Waals surface area contributed by atoms with E-state index in [0.717, 1.165) is 31.6 Å². The number of piperidine rings is 1. The van der Waals surface area contributed by atoms with Gasteiger partial charge in [0.1, 0.15) is 0 Å². The summed E-state index contributed by atoms with van der Waals surface area (Å²) in [6.07, 6.45) is 2.42. The fourth-order valence-electron chi connectivity index (χ4n) is 2.56. The highest BCUT2D eigenvalue weighted by molar-refractivity contribution is 4.85. The van der Waals surface area contributed by atoms with E-state index in [1.165, 1.54) is 19.4 Å². The van der Waals surface area contributed by atoms with Crippen LogP contribution in [0.25, 0.3) is 0 Å². The lowest BCUT2D eigenvalue weighted by atomic mass is 9.90. The molecule has 108 valence electrons. The predicted molar refractivity (Wildman–Crippen MR) is 77.9 cm³/mol. The topological polar surface area (TPSA) is 24.5 Å². The van der Waals surface area contributed by atoms with Gasteiger partial charge in [0.25, 0.3) is 0 Å². The maximum Gasteiger partial charge on any atom is 0.0591 e. The fraction of sp³-hybridized carbons (Fsp3) is 1.00. The first-order valence-electron chi connectivity index (χ1n) is 7.52. The molecule has 1 aliphatic heterocycles. The Balaban J connectivity index is 2.08. The highest BCUT2D eigenvalue weighted by atomic mass is 16.5. The number of ether oxygens (including phenoxy) is 1. The zero-order chi connectivity index (χ0) is 13.5. The molecule has 3 nitrogen and oxygen atoms in total. The SMILES string of the molecule is CC(C)CCOCCNC1CC(C)N(C)CC1C. The molecule has 3 heteroatoms. The van der Waals surface area contributed by atoms with E-state index < -0.39 is 0 Å². The van der Waals surface area contributed by atoms with Gasteiger partial charge in [-0.05, 0) is 38.6 Å². The van der Waals surface area contributed by atoms with Gasteiger partial charge in [0.05, 0.1) is 6.61 Å². The second kappa shape index (κ2) is 8.13. The van der Waals surface area contributed by atoms with Crippen molar-refractivity contribution in [1.82, 2.24) is 10.2 Å². The van der Waals surface area contributed by atoms with E-state index in [4.69, 9.17) is 4.74 Å². The fourth-order valence-corrected chi connectivity index (χ4v) is 2.56. The van der Waals surface area contributed by atoms with Crippen LogP contribution in [0, 0.1) is 11.8 Å². The number of rotatable bonds is 7. The van der Waals surface area contributed by atoms with Crippen LogP contribution in [0.5, 0.6) is 0 Å². The number of likely N-dealkylation sites (tertiary alicyclic amines) is 1. The molecule has 0 aromatic rings. The highest BCUT2D eigenvalue weighted by Crippen LogP contribution is 2.20. The van der Waals surface area contributed by atoms with Crippen molar-refractivity contribution in [2.45, 2.75) is 52.6 Å². The quantitative estimate of drug-likeness (QED) is 0.708. The van der Waals surface area contributed by atoms with Crippen molar-refractivity contribution in [3.05, 3.63) is 0 Å². The third-order valence-electron chi connectivity index (χ3n) is 4.10. The van der Waals surface area contributed by atoms with E-state index in [1.807, 2.05) is 0 Å². The third kappa shape index (κ3) is 5.68. The van der Waals surface area contributed by atoms with Gasteiger partial charge in [0, 0.05) is 31.8 Å². The zero-order valence-corrected chi connectivity index (χ0v) is 12.9. The molecule has 0 saturated carbocycles. The molecule has 18 heavy (non-hydrogen) atoms. The first-order valence-corrected chi connectivity index (χ1v) is 7.52. The Morgan fingerprint density at radius 1 is 1.28 bits per heavy atom. The lowest BCUT2D eigenvalue weighted by Gasteiger charge is -2.40. The van der Waals surface area contributed by atoms with Gasteiger partial charge in [-0.3, -0.25) is 0 Å². The Labute approximate surface area is 113 Å². The Bertz CT molecular complexity index is 221. The molecule has 1 fully saturated rings. The van der Waals surface area contributed by atoms with Gasteiger partial charge in [0.2, 0.25) is 0 Å². The number of nitrogens with one attached hydrogen (secondary N) is 1. The van der Waals surface area contributed by atoms with Crippen LogP contribution in [0.15, 0.2) is 0 Å². The van der Waals surface area contributed by atoms with Crippen LogP contribution in [-0.2, 0) is 4.74 Å². The van der Waals surface area contributed by atoms with Gasteiger partial charge in [-0.1, -0.05) is 20.8 Å². The van der Waals surface area contributed by atoms with E-state index in [-0.39, 0.29) is 0 Å². The molecule has 1 saturated heterocycles. The van der Waals surface area contributed by atoms with Crippen LogP contribution in [-0.4, -0.2) is 50.3 Å². The zero-order valence-electron chi connectivity index (χ0n) is 12.9. The van der Waals surface area contributed by atoms with Crippen molar-refractivity contribution < 1.29 is 4.74 Å². The van der Waals surface area contributed by atoms with Gasteiger partial charge in [-0.25, -0.2) is 0 Å². The molecule has 1 heterocycles. The van der Waals surface area contributed by atoms with E-state index in [2.05, 4.69) is 45.0 Å². The van der Waals surface area contributed by atoms with Crippen LogP contribution in [0.4, 0.5) is 0 Å². The lowest BCUT2D eigenvalue weighted by Crippen LogP contribution is -2.51. The second-order valence-electron chi connectivity index (χ2n) is 6.36. The number of nitrogens with zero attached hydrogens (tertiary/aromatic N) is 1. The minimum Gasteiger partial charge on any atom is -0.380 e. The first kappa shape index (κ1) is 15.9. The summed E-state index contributed by atoms with van der Waals surface area (Å²) >= 11 is 0. The van der Waals surface area contributed by atoms with Crippen LogP contribution in [0.3, 0.4) is 0 Å². The minimum absolute atomic E-state index is 0.657. The lowest BCUT2D eigenvalue weighted by molar-refractivity contribution is 0.0989. The maximum absolute atomic E-state index is 5.65. The van der Waals surface area contributed by atoms with Crippen molar-refractivity contribution in [2.75, 3.05) is 33.4 Å². The molecule has 0 aliphatic carbocycles. The van der Waals surface area contributed by atoms with Crippen LogP contribution >= 0.6 is 0 Å². The molecule has 0 bridgehead atoms. The summed E-state index contributed by atoms with van der Waals surface area (Å²) in [5, 5.41) is 3.66. The van der Waals surface area contributed by atoms with E-state index in [1.54, 1.807) is 0 Å². The van der Waals surface area contributed by atoms with Crippen molar-refractivity contribution in [1.29, 1.82) is 0 Å². The van der Waals surface area contributed by atoms with Crippen molar-refractivity contribution in [2.24, 2.45) is 11.8 Å². The van der Waals surface area contributed by atoms with E-state index in [9.17, 15) is 0 Å². The maximum atomic E-state index is 5.65. The number of hydrogen-bond acceptors (Lipinski definition) is 3. The summed E-state index contributed by atoms with van der Waals surface area (Å²) < 4.78 is 5.65.